The van der Waals surface area contributed by atoms with E-state index in [9.17, 15) is 14.4 Å². The molecule has 0 amide bonds. The van der Waals surface area contributed by atoms with Crippen molar-refractivity contribution in [3.8, 4) is 0 Å². The Morgan fingerprint density at radius 2 is 2.00 bits per heavy atom. The molecular formula is C19H22N4O4S. The van der Waals surface area contributed by atoms with Gasteiger partial charge in [0.25, 0.3) is 5.56 Å². The van der Waals surface area contributed by atoms with Crippen molar-refractivity contribution in [2.24, 2.45) is 7.05 Å². The maximum Gasteiger partial charge on any atom is 0.329 e. The number of nitrogens with zero attached hydrogens (tertiary/aromatic N) is 3. The van der Waals surface area contributed by atoms with Crippen molar-refractivity contribution < 1.29 is 9.53 Å². The minimum atomic E-state index is -0.528. The van der Waals surface area contributed by atoms with E-state index in [0.717, 1.165) is 5.56 Å². The van der Waals surface area contributed by atoms with E-state index in [-0.39, 0.29) is 5.97 Å². The number of carbonyl (C=O) groups is 1. The Kier molecular flexibility index (Phi) is 6.03. The molecular weight excluding hydrogens is 380 g/mol. The van der Waals surface area contributed by atoms with Crippen LogP contribution in [-0.4, -0.2) is 36.9 Å². The van der Waals surface area contributed by atoms with E-state index < -0.39 is 16.5 Å². The van der Waals surface area contributed by atoms with Gasteiger partial charge in [-0.05, 0) is 25.8 Å². The lowest BCUT2D eigenvalue weighted by Gasteiger charge is -2.12. The molecule has 0 bridgehead atoms. The van der Waals surface area contributed by atoms with Gasteiger partial charge in [0.1, 0.15) is 5.25 Å². The molecule has 2 aromatic heterocycles. The second kappa shape index (κ2) is 8.47. The molecule has 0 aliphatic rings. The third kappa shape index (κ3) is 4.04. The van der Waals surface area contributed by atoms with Gasteiger partial charge in [-0.25, -0.2) is 9.78 Å². The Balaban J connectivity index is 2.04. The molecule has 28 heavy (non-hydrogen) atoms. The van der Waals surface area contributed by atoms with E-state index in [1.807, 2.05) is 30.3 Å². The molecule has 1 atom stereocenters. The van der Waals surface area contributed by atoms with E-state index in [0.29, 0.717) is 35.9 Å². The van der Waals surface area contributed by atoms with Crippen LogP contribution in [0.15, 0.2) is 45.1 Å². The van der Waals surface area contributed by atoms with Gasteiger partial charge in [-0.1, -0.05) is 42.1 Å². The smallest absolute Gasteiger partial charge is 0.329 e. The summed E-state index contributed by atoms with van der Waals surface area (Å²) < 4.78 is 8.13. The van der Waals surface area contributed by atoms with Crippen molar-refractivity contribution in [3.05, 3.63) is 56.7 Å². The van der Waals surface area contributed by atoms with Crippen LogP contribution in [0.1, 0.15) is 19.4 Å². The van der Waals surface area contributed by atoms with Crippen molar-refractivity contribution in [2.75, 3.05) is 6.61 Å². The predicted molar refractivity (Wildman–Crippen MR) is 108 cm³/mol. The number of H-pyrrole nitrogens is 1. The Bertz CT molecular complexity index is 1100. The van der Waals surface area contributed by atoms with Gasteiger partial charge >= 0.3 is 11.7 Å². The van der Waals surface area contributed by atoms with Gasteiger partial charge in [-0.15, -0.1) is 0 Å². The first-order chi connectivity index (χ1) is 13.4. The zero-order valence-corrected chi connectivity index (χ0v) is 16.8. The predicted octanol–water partition coefficient (Wildman–Crippen LogP) is 1.71. The summed E-state index contributed by atoms with van der Waals surface area (Å²) in [5.41, 5.74) is 0.700. The molecule has 9 heteroatoms. The molecule has 0 aliphatic carbocycles. The summed E-state index contributed by atoms with van der Waals surface area (Å²) in [7, 11) is 1.55. The van der Waals surface area contributed by atoms with Crippen LogP contribution in [0, 0.1) is 0 Å². The average Bonchev–Trinajstić information content (AvgIpc) is 3.04. The summed E-state index contributed by atoms with van der Waals surface area (Å²) in [6.07, 6.45) is 0.677. The summed E-state index contributed by atoms with van der Waals surface area (Å²) in [4.78, 5) is 43.3. The lowest BCUT2D eigenvalue weighted by atomic mass is 10.1. The van der Waals surface area contributed by atoms with E-state index in [4.69, 9.17) is 4.74 Å². The fourth-order valence-electron chi connectivity index (χ4n) is 2.86. The number of imidazole rings is 1. The van der Waals surface area contributed by atoms with Crippen molar-refractivity contribution in [3.63, 3.8) is 0 Å². The number of aromatic amines is 1. The molecule has 1 N–H and O–H groups in total. The van der Waals surface area contributed by atoms with Crippen LogP contribution < -0.4 is 11.2 Å². The Hall–Kier alpha value is -2.81. The number of hydrogen-bond donors (Lipinski definition) is 1. The highest BCUT2D eigenvalue weighted by molar-refractivity contribution is 8.00. The van der Waals surface area contributed by atoms with Crippen LogP contribution in [0.4, 0.5) is 0 Å². The molecule has 3 rings (SSSR count). The average molecular weight is 402 g/mol. The van der Waals surface area contributed by atoms with Crippen LogP contribution in [0.25, 0.3) is 11.2 Å². The summed E-state index contributed by atoms with van der Waals surface area (Å²) in [5, 5.41) is 0.00142. The topological polar surface area (TPSA) is 99.0 Å². The Morgan fingerprint density at radius 3 is 2.68 bits per heavy atom. The van der Waals surface area contributed by atoms with Gasteiger partial charge < -0.3 is 9.30 Å². The highest BCUT2D eigenvalue weighted by Crippen LogP contribution is 2.26. The molecule has 0 saturated heterocycles. The monoisotopic (exact) mass is 402 g/mol. The zero-order chi connectivity index (χ0) is 20.3. The lowest BCUT2D eigenvalue weighted by Crippen LogP contribution is -2.29. The van der Waals surface area contributed by atoms with Gasteiger partial charge in [0.2, 0.25) is 0 Å². The van der Waals surface area contributed by atoms with Crippen LogP contribution in [0.5, 0.6) is 0 Å². The van der Waals surface area contributed by atoms with Crippen LogP contribution in [0.3, 0.4) is 0 Å². The van der Waals surface area contributed by atoms with Crippen LogP contribution in [-0.2, 0) is 29.5 Å². The maximum atomic E-state index is 12.5. The number of carbonyl (C=O) groups excluding carboxylic acids is 1. The molecule has 0 aliphatic heterocycles. The number of esters is 1. The molecule has 0 spiro atoms. The third-order valence-corrected chi connectivity index (χ3v) is 5.41. The Morgan fingerprint density at radius 1 is 1.29 bits per heavy atom. The van der Waals surface area contributed by atoms with Crippen LogP contribution in [0.2, 0.25) is 0 Å². The largest absolute Gasteiger partial charge is 0.465 e. The van der Waals surface area contributed by atoms with Crippen molar-refractivity contribution in [1.82, 2.24) is 19.1 Å². The molecule has 0 unspecified atom stereocenters. The minimum absolute atomic E-state index is 0.292. The second-order valence-electron chi connectivity index (χ2n) is 6.28. The highest BCUT2D eigenvalue weighted by atomic mass is 32.2. The standard InChI is InChI=1S/C19H22N4O4S/c1-4-27-17(25)12(2)28-19-20-15-14(16(24)21-18(26)22(15)3)23(19)11-10-13-8-6-5-7-9-13/h5-9,12H,4,10-11H2,1-3H3,(H,21,24,26)/t12-/m1/s1. The minimum Gasteiger partial charge on any atom is -0.465 e. The number of thioether (sulfide) groups is 1. The van der Waals surface area contributed by atoms with Gasteiger partial charge in [0.15, 0.2) is 16.3 Å². The second-order valence-corrected chi connectivity index (χ2v) is 7.59. The Labute approximate surface area is 165 Å². The number of ether oxygens (including phenoxy) is 1. The van der Waals surface area contributed by atoms with Gasteiger partial charge in [-0.3, -0.25) is 19.1 Å². The maximum absolute atomic E-state index is 12.5. The summed E-state index contributed by atoms with van der Waals surface area (Å²) in [6, 6.07) is 9.87. The zero-order valence-electron chi connectivity index (χ0n) is 16.0. The van der Waals surface area contributed by atoms with E-state index >= 15 is 0 Å². The van der Waals surface area contributed by atoms with Crippen molar-refractivity contribution in [2.45, 2.75) is 37.2 Å². The molecule has 8 nitrogen and oxygen atoms in total. The first-order valence-corrected chi connectivity index (χ1v) is 9.87. The van der Waals surface area contributed by atoms with E-state index in [1.165, 1.54) is 16.3 Å². The first-order valence-electron chi connectivity index (χ1n) is 8.99. The summed E-state index contributed by atoms with van der Waals surface area (Å²) in [5.74, 6) is -0.350. The SMILES string of the molecule is CCOC(=O)[C@@H](C)Sc1nc2c(c(=O)[nH]c(=O)n2C)n1CCc1ccccc1. The fraction of sp³-hybridized carbons (Fsp3) is 0.368. The number of aromatic nitrogens is 4. The normalized spacial score (nSPS) is 12.2. The number of aryl methyl sites for hydroxylation is 3. The molecule has 148 valence electrons. The number of hydrogen-bond acceptors (Lipinski definition) is 6. The summed E-state index contributed by atoms with van der Waals surface area (Å²) >= 11 is 1.21. The third-order valence-electron chi connectivity index (χ3n) is 4.34. The summed E-state index contributed by atoms with van der Waals surface area (Å²) in [6.45, 7) is 4.26. The lowest BCUT2D eigenvalue weighted by molar-refractivity contribution is -0.142. The number of fused-ring (bicyclic) bond motifs is 1. The fourth-order valence-corrected chi connectivity index (χ4v) is 3.79. The quantitative estimate of drug-likeness (QED) is 0.477. The molecule has 0 radical (unpaired) electrons. The molecule has 0 fully saturated rings. The number of benzene rings is 1. The molecule has 1 aromatic carbocycles. The van der Waals surface area contributed by atoms with Crippen LogP contribution >= 0.6 is 11.8 Å². The van der Waals surface area contributed by atoms with Gasteiger partial charge in [-0.2, -0.15) is 0 Å². The molecule has 0 saturated carbocycles. The number of nitrogens with one attached hydrogen (secondary N) is 1. The van der Waals surface area contributed by atoms with Gasteiger partial charge in [0, 0.05) is 13.6 Å². The molecule has 2 heterocycles. The van der Waals surface area contributed by atoms with Crippen molar-refractivity contribution >= 4 is 28.9 Å². The first kappa shape index (κ1) is 19.9. The number of rotatable bonds is 7. The molecule has 3 aromatic rings. The van der Waals surface area contributed by atoms with Gasteiger partial charge in [0.05, 0.1) is 6.61 Å². The highest BCUT2D eigenvalue weighted by Gasteiger charge is 2.23. The van der Waals surface area contributed by atoms with E-state index in [2.05, 4.69) is 9.97 Å². The van der Waals surface area contributed by atoms with E-state index in [1.54, 1.807) is 25.5 Å². The van der Waals surface area contributed by atoms with Crippen molar-refractivity contribution in [1.29, 1.82) is 0 Å².